The highest BCUT2D eigenvalue weighted by Crippen LogP contribution is 2.35. The SMILES string of the molecule is CCOc1c(CCC(=O)N2CCCCC2C)cc(N)cc1OC. The molecule has 2 N–H and O–H groups in total. The molecule has 1 aromatic carbocycles. The molecule has 0 radical (unpaired) electrons. The van der Waals surface area contributed by atoms with Crippen LogP contribution >= 0.6 is 0 Å². The lowest BCUT2D eigenvalue weighted by molar-refractivity contribution is -0.134. The summed E-state index contributed by atoms with van der Waals surface area (Å²) in [6.07, 6.45) is 4.50. The smallest absolute Gasteiger partial charge is 0.223 e. The van der Waals surface area contributed by atoms with E-state index in [4.69, 9.17) is 15.2 Å². The summed E-state index contributed by atoms with van der Waals surface area (Å²) in [6, 6.07) is 3.97. The molecule has 1 amide bonds. The molecule has 0 aromatic heterocycles. The molecule has 5 nitrogen and oxygen atoms in total. The van der Waals surface area contributed by atoms with Gasteiger partial charge < -0.3 is 20.1 Å². The van der Waals surface area contributed by atoms with Crippen molar-refractivity contribution < 1.29 is 14.3 Å². The summed E-state index contributed by atoms with van der Waals surface area (Å²) in [7, 11) is 1.60. The Morgan fingerprint density at radius 1 is 1.39 bits per heavy atom. The van der Waals surface area contributed by atoms with Crippen LogP contribution < -0.4 is 15.2 Å². The van der Waals surface area contributed by atoms with E-state index >= 15 is 0 Å². The number of nitrogens with zero attached hydrogens (tertiary/aromatic N) is 1. The number of benzene rings is 1. The Balaban J connectivity index is 2.09. The fourth-order valence-electron chi connectivity index (χ4n) is 3.18. The zero-order valence-corrected chi connectivity index (χ0v) is 14.4. The summed E-state index contributed by atoms with van der Waals surface area (Å²) in [5.41, 5.74) is 7.50. The zero-order chi connectivity index (χ0) is 16.8. The fourth-order valence-corrected chi connectivity index (χ4v) is 3.18. The standard InChI is InChI=1S/C18H28N2O3/c1-4-23-18-14(11-15(19)12-16(18)22-3)8-9-17(21)20-10-6-5-7-13(20)2/h11-13H,4-10,19H2,1-3H3. The maximum atomic E-state index is 12.5. The molecule has 0 spiro atoms. The summed E-state index contributed by atoms with van der Waals surface area (Å²) in [4.78, 5) is 14.5. The predicted molar refractivity (Wildman–Crippen MR) is 91.9 cm³/mol. The quantitative estimate of drug-likeness (QED) is 0.818. The first-order valence-electron chi connectivity index (χ1n) is 8.45. The Bertz CT molecular complexity index is 545. The van der Waals surface area contributed by atoms with Gasteiger partial charge in [-0.05, 0) is 45.6 Å². The van der Waals surface area contributed by atoms with Gasteiger partial charge in [0.05, 0.1) is 13.7 Å². The number of rotatable bonds is 6. The third-order valence-corrected chi connectivity index (χ3v) is 4.39. The number of likely N-dealkylation sites (tertiary alicyclic amines) is 1. The molecule has 1 unspecified atom stereocenters. The van der Waals surface area contributed by atoms with Gasteiger partial charge >= 0.3 is 0 Å². The number of hydrogen-bond acceptors (Lipinski definition) is 4. The molecule has 23 heavy (non-hydrogen) atoms. The van der Waals surface area contributed by atoms with E-state index in [1.54, 1.807) is 13.2 Å². The van der Waals surface area contributed by atoms with E-state index in [0.717, 1.165) is 24.9 Å². The Kier molecular flexibility index (Phi) is 6.13. The van der Waals surface area contributed by atoms with Crippen molar-refractivity contribution in [2.24, 2.45) is 0 Å². The topological polar surface area (TPSA) is 64.8 Å². The summed E-state index contributed by atoms with van der Waals surface area (Å²) < 4.78 is 11.1. The van der Waals surface area contributed by atoms with Crippen LogP contribution in [0, 0.1) is 0 Å². The van der Waals surface area contributed by atoms with E-state index in [1.807, 2.05) is 17.9 Å². The van der Waals surface area contributed by atoms with E-state index in [-0.39, 0.29) is 5.91 Å². The molecule has 1 saturated heterocycles. The van der Waals surface area contributed by atoms with Crippen molar-refractivity contribution in [3.05, 3.63) is 17.7 Å². The largest absolute Gasteiger partial charge is 0.493 e. The van der Waals surface area contributed by atoms with Gasteiger partial charge in [0, 0.05) is 36.3 Å². The second-order valence-corrected chi connectivity index (χ2v) is 6.08. The molecule has 0 saturated carbocycles. The Hall–Kier alpha value is -1.91. The van der Waals surface area contributed by atoms with Crippen molar-refractivity contribution in [3.8, 4) is 11.5 Å². The lowest BCUT2D eigenvalue weighted by Crippen LogP contribution is -2.42. The normalized spacial score (nSPS) is 17.9. The fraction of sp³-hybridized carbons (Fsp3) is 0.611. The molecule has 1 fully saturated rings. The molecular formula is C18H28N2O3. The Morgan fingerprint density at radius 3 is 2.83 bits per heavy atom. The van der Waals surface area contributed by atoms with E-state index in [0.29, 0.717) is 42.7 Å². The van der Waals surface area contributed by atoms with Crippen molar-refractivity contribution in [3.63, 3.8) is 0 Å². The minimum atomic E-state index is 0.209. The number of methoxy groups -OCH3 is 1. The van der Waals surface area contributed by atoms with Gasteiger partial charge in [0.15, 0.2) is 11.5 Å². The van der Waals surface area contributed by atoms with Gasteiger partial charge in [-0.3, -0.25) is 4.79 Å². The lowest BCUT2D eigenvalue weighted by atomic mass is 10.0. The first-order valence-corrected chi connectivity index (χ1v) is 8.45. The average molecular weight is 320 g/mol. The molecule has 1 aliphatic heterocycles. The van der Waals surface area contributed by atoms with Crippen molar-refractivity contribution in [2.45, 2.75) is 52.0 Å². The number of carbonyl (C=O) groups excluding carboxylic acids is 1. The van der Waals surface area contributed by atoms with Gasteiger partial charge in [-0.15, -0.1) is 0 Å². The summed E-state index contributed by atoms with van der Waals surface area (Å²) in [6.45, 7) is 5.48. The lowest BCUT2D eigenvalue weighted by Gasteiger charge is -2.33. The molecule has 128 valence electrons. The first-order chi connectivity index (χ1) is 11.1. The van der Waals surface area contributed by atoms with Gasteiger partial charge in [0.1, 0.15) is 0 Å². The maximum absolute atomic E-state index is 12.5. The van der Waals surface area contributed by atoms with Crippen LogP contribution in [0.15, 0.2) is 12.1 Å². The molecule has 0 aliphatic carbocycles. The van der Waals surface area contributed by atoms with Crippen LogP contribution in [0.1, 0.15) is 45.1 Å². The molecular weight excluding hydrogens is 292 g/mol. The van der Waals surface area contributed by atoms with Crippen LogP contribution in [0.25, 0.3) is 0 Å². The highest BCUT2D eigenvalue weighted by Gasteiger charge is 2.23. The second-order valence-electron chi connectivity index (χ2n) is 6.08. The predicted octanol–water partition coefficient (Wildman–Crippen LogP) is 3.01. The molecule has 1 aliphatic rings. The van der Waals surface area contributed by atoms with Crippen LogP contribution in [-0.4, -0.2) is 37.1 Å². The Labute approximate surface area is 138 Å². The van der Waals surface area contributed by atoms with Crippen molar-refractivity contribution >= 4 is 11.6 Å². The minimum absolute atomic E-state index is 0.209. The molecule has 1 aromatic rings. The van der Waals surface area contributed by atoms with Crippen molar-refractivity contribution in [1.29, 1.82) is 0 Å². The number of anilines is 1. The number of nitrogens with two attached hydrogens (primary N) is 1. The number of nitrogen functional groups attached to an aromatic ring is 1. The van der Waals surface area contributed by atoms with Crippen LogP contribution in [0.4, 0.5) is 5.69 Å². The van der Waals surface area contributed by atoms with Crippen LogP contribution in [-0.2, 0) is 11.2 Å². The maximum Gasteiger partial charge on any atom is 0.223 e. The monoisotopic (exact) mass is 320 g/mol. The van der Waals surface area contributed by atoms with E-state index in [9.17, 15) is 4.79 Å². The Morgan fingerprint density at radius 2 is 2.17 bits per heavy atom. The molecule has 1 heterocycles. The second kappa shape index (κ2) is 8.09. The number of amides is 1. The van der Waals surface area contributed by atoms with Gasteiger partial charge in [0.25, 0.3) is 0 Å². The third kappa shape index (κ3) is 4.30. The number of piperidine rings is 1. The van der Waals surface area contributed by atoms with Crippen LogP contribution in [0.3, 0.4) is 0 Å². The number of hydrogen-bond donors (Lipinski definition) is 1. The average Bonchev–Trinajstić information content (AvgIpc) is 2.54. The summed E-state index contributed by atoms with van der Waals surface area (Å²) >= 11 is 0. The minimum Gasteiger partial charge on any atom is -0.493 e. The highest BCUT2D eigenvalue weighted by atomic mass is 16.5. The van der Waals surface area contributed by atoms with Crippen molar-refractivity contribution in [2.75, 3.05) is 26.0 Å². The summed E-state index contributed by atoms with van der Waals surface area (Å²) in [5, 5.41) is 0. The number of aryl methyl sites for hydroxylation is 1. The van der Waals surface area contributed by atoms with Crippen LogP contribution in [0.5, 0.6) is 11.5 Å². The van der Waals surface area contributed by atoms with Gasteiger partial charge in [-0.25, -0.2) is 0 Å². The first kappa shape index (κ1) is 17.4. The van der Waals surface area contributed by atoms with Gasteiger partial charge in [0.2, 0.25) is 5.91 Å². The number of ether oxygens (including phenoxy) is 2. The molecule has 1 atom stereocenters. The number of carbonyl (C=O) groups is 1. The zero-order valence-electron chi connectivity index (χ0n) is 14.4. The van der Waals surface area contributed by atoms with Gasteiger partial charge in [-0.1, -0.05) is 0 Å². The van der Waals surface area contributed by atoms with Crippen molar-refractivity contribution in [1.82, 2.24) is 4.90 Å². The van der Waals surface area contributed by atoms with E-state index in [2.05, 4.69) is 6.92 Å². The van der Waals surface area contributed by atoms with E-state index in [1.165, 1.54) is 6.42 Å². The van der Waals surface area contributed by atoms with E-state index < -0.39 is 0 Å². The highest BCUT2D eigenvalue weighted by molar-refractivity contribution is 5.77. The molecule has 5 heteroatoms. The van der Waals surface area contributed by atoms with Gasteiger partial charge in [-0.2, -0.15) is 0 Å². The molecule has 0 bridgehead atoms. The molecule has 2 rings (SSSR count). The summed E-state index contributed by atoms with van der Waals surface area (Å²) in [5.74, 6) is 1.53. The van der Waals surface area contributed by atoms with Crippen LogP contribution in [0.2, 0.25) is 0 Å². The third-order valence-electron chi connectivity index (χ3n) is 4.39.